The van der Waals surface area contributed by atoms with Gasteiger partial charge in [-0.2, -0.15) is 5.10 Å². The standard InChI is InChI=1S/C17H21Cl2N2O3P/c1-3-23-25(22,24-4-2)11-16-13(12-8-9-12)10-20-21(16)17-14(18)6-5-7-15(17)19/h5-7,10,12H,3-4,8-9,11H2,1-2H3. The van der Waals surface area contributed by atoms with Crippen LogP contribution in [0, 0.1) is 0 Å². The Morgan fingerprint density at radius 2 is 1.80 bits per heavy atom. The number of hydrogen-bond acceptors (Lipinski definition) is 4. The molecule has 136 valence electrons. The predicted octanol–water partition coefficient (Wildman–Crippen LogP) is 5.82. The highest BCUT2D eigenvalue weighted by Gasteiger charge is 2.34. The van der Waals surface area contributed by atoms with Crippen molar-refractivity contribution in [1.29, 1.82) is 0 Å². The van der Waals surface area contributed by atoms with E-state index in [0.717, 1.165) is 24.1 Å². The van der Waals surface area contributed by atoms with Gasteiger partial charge in [-0.1, -0.05) is 29.3 Å². The van der Waals surface area contributed by atoms with Gasteiger partial charge in [0.1, 0.15) is 5.69 Å². The molecule has 0 aliphatic heterocycles. The first kappa shape index (κ1) is 18.9. The maximum absolute atomic E-state index is 13.1. The first-order valence-corrected chi connectivity index (χ1v) is 10.9. The van der Waals surface area contributed by atoms with Crippen LogP contribution in [-0.4, -0.2) is 23.0 Å². The van der Waals surface area contributed by atoms with E-state index in [4.69, 9.17) is 32.2 Å². The number of nitrogens with zero attached hydrogens (tertiary/aromatic N) is 2. The topological polar surface area (TPSA) is 53.3 Å². The number of hydrogen-bond donors (Lipinski definition) is 0. The lowest BCUT2D eigenvalue weighted by atomic mass is 10.2. The van der Waals surface area contributed by atoms with E-state index in [1.165, 1.54) is 0 Å². The first-order valence-electron chi connectivity index (χ1n) is 8.38. The van der Waals surface area contributed by atoms with Crippen molar-refractivity contribution in [3.63, 3.8) is 0 Å². The van der Waals surface area contributed by atoms with E-state index in [2.05, 4.69) is 5.10 Å². The third-order valence-electron chi connectivity index (χ3n) is 4.06. The fourth-order valence-electron chi connectivity index (χ4n) is 2.87. The van der Waals surface area contributed by atoms with Gasteiger partial charge in [0.25, 0.3) is 0 Å². The maximum Gasteiger partial charge on any atom is 0.336 e. The van der Waals surface area contributed by atoms with Crippen LogP contribution in [0.2, 0.25) is 10.0 Å². The summed E-state index contributed by atoms with van der Waals surface area (Å²) in [6.07, 6.45) is 4.15. The van der Waals surface area contributed by atoms with Crippen molar-refractivity contribution >= 4 is 30.8 Å². The molecule has 0 saturated heterocycles. The molecule has 0 amide bonds. The second-order valence-corrected chi connectivity index (χ2v) is 8.78. The summed E-state index contributed by atoms with van der Waals surface area (Å²) in [7, 11) is -3.27. The molecule has 1 aliphatic carbocycles. The monoisotopic (exact) mass is 402 g/mol. The first-order chi connectivity index (χ1) is 12.0. The summed E-state index contributed by atoms with van der Waals surface area (Å²) < 4.78 is 25.7. The second kappa shape index (κ2) is 7.81. The molecule has 5 nitrogen and oxygen atoms in total. The third-order valence-corrected chi connectivity index (χ3v) is 6.66. The minimum atomic E-state index is -3.27. The summed E-state index contributed by atoms with van der Waals surface area (Å²) in [5.41, 5.74) is 2.45. The fraction of sp³-hybridized carbons (Fsp3) is 0.471. The van der Waals surface area contributed by atoms with Crippen LogP contribution in [0.15, 0.2) is 24.4 Å². The number of aromatic nitrogens is 2. The zero-order chi connectivity index (χ0) is 18.0. The van der Waals surface area contributed by atoms with Crippen LogP contribution < -0.4 is 0 Å². The van der Waals surface area contributed by atoms with Crippen LogP contribution in [0.5, 0.6) is 0 Å². The number of halogens is 2. The molecular formula is C17H21Cl2N2O3P. The fourth-order valence-corrected chi connectivity index (χ4v) is 5.15. The molecule has 0 spiro atoms. The second-order valence-electron chi connectivity index (χ2n) is 5.91. The molecule has 2 aromatic rings. The SMILES string of the molecule is CCOP(=O)(Cc1c(C2CC2)cnn1-c1c(Cl)cccc1Cl)OCC. The van der Waals surface area contributed by atoms with Gasteiger partial charge >= 0.3 is 7.60 Å². The lowest BCUT2D eigenvalue weighted by molar-refractivity contribution is 0.218. The largest absolute Gasteiger partial charge is 0.336 e. The molecule has 1 aromatic heterocycles. The summed E-state index contributed by atoms with van der Waals surface area (Å²) in [5, 5.41) is 5.46. The average Bonchev–Trinajstić information content (AvgIpc) is 3.31. The number of rotatable bonds is 8. The van der Waals surface area contributed by atoms with Gasteiger partial charge in [0.15, 0.2) is 0 Å². The highest BCUT2D eigenvalue weighted by Crippen LogP contribution is 2.54. The normalized spacial score (nSPS) is 14.9. The van der Waals surface area contributed by atoms with Gasteiger partial charge < -0.3 is 9.05 Å². The lowest BCUT2D eigenvalue weighted by Gasteiger charge is -2.19. The van der Waals surface area contributed by atoms with Crippen LogP contribution in [0.3, 0.4) is 0 Å². The quantitative estimate of drug-likeness (QED) is 0.521. The molecule has 0 N–H and O–H groups in total. The minimum Gasteiger partial charge on any atom is -0.309 e. The van der Waals surface area contributed by atoms with E-state index in [-0.39, 0.29) is 6.16 Å². The van der Waals surface area contributed by atoms with E-state index < -0.39 is 7.60 Å². The van der Waals surface area contributed by atoms with Gasteiger partial charge in [0.2, 0.25) is 0 Å². The van der Waals surface area contributed by atoms with E-state index >= 15 is 0 Å². The minimum absolute atomic E-state index is 0.141. The van der Waals surface area contributed by atoms with Crippen LogP contribution in [-0.2, 0) is 19.8 Å². The molecule has 3 rings (SSSR count). The molecule has 1 saturated carbocycles. The summed E-state index contributed by atoms with van der Waals surface area (Å²) in [6.45, 7) is 4.24. The molecular weight excluding hydrogens is 382 g/mol. The van der Waals surface area contributed by atoms with Crippen LogP contribution >= 0.6 is 30.8 Å². The molecule has 1 heterocycles. The average molecular weight is 403 g/mol. The van der Waals surface area contributed by atoms with Crippen molar-refractivity contribution < 1.29 is 13.6 Å². The van der Waals surface area contributed by atoms with E-state index in [0.29, 0.717) is 34.9 Å². The Morgan fingerprint density at radius 1 is 1.20 bits per heavy atom. The zero-order valence-corrected chi connectivity index (χ0v) is 16.7. The number of benzene rings is 1. The molecule has 0 atom stereocenters. The van der Waals surface area contributed by atoms with E-state index in [9.17, 15) is 4.57 Å². The molecule has 0 bridgehead atoms. The van der Waals surface area contributed by atoms with Gasteiger partial charge in [-0.25, -0.2) is 4.68 Å². The molecule has 0 unspecified atom stereocenters. The van der Waals surface area contributed by atoms with Gasteiger partial charge in [-0.3, -0.25) is 4.57 Å². The van der Waals surface area contributed by atoms with Gasteiger partial charge in [0.05, 0.1) is 41.3 Å². The lowest BCUT2D eigenvalue weighted by Crippen LogP contribution is -2.08. The Labute approximate surface area is 157 Å². The molecule has 25 heavy (non-hydrogen) atoms. The molecule has 1 fully saturated rings. The maximum atomic E-state index is 13.1. The van der Waals surface area contributed by atoms with Crippen molar-refractivity contribution in [2.75, 3.05) is 13.2 Å². The smallest absolute Gasteiger partial charge is 0.309 e. The molecule has 1 aromatic carbocycles. The van der Waals surface area contributed by atoms with Gasteiger partial charge in [0, 0.05) is 0 Å². The Kier molecular flexibility index (Phi) is 5.92. The van der Waals surface area contributed by atoms with Crippen molar-refractivity contribution in [2.45, 2.75) is 38.8 Å². The van der Waals surface area contributed by atoms with Crippen molar-refractivity contribution in [3.05, 3.63) is 45.7 Å². The van der Waals surface area contributed by atoms with Crippen molar-refractivity contribution in [2.24, 2.45) is 0 Å². The Balaban J connectivity index is 2.08. The number of para-hydroxylation sites is 1. The summed E-state index contributed by atoms with van der Waals surface area (Å²) in [6, 6.07) is 5.30. The van der Waals surface area contributed by atoms with Crippen LogP contribution in [0.4, 0.5) is 0 Å². The molecule has 8 heteroatoms. The van der Waals surface area contributed by atoms with E-state index in [1.807, 2.05) is 6.20 Å². The summed E-state index contributed by atoms with van der Waals surface area (Å²) >= 11 is 12.7. The highest BCUT2D eigenvalue weighted by molar-refractivity contribution is 7.53. The van der Waals surface area contributed by atoms with Gasteiger partial charge in [-0.15, -0.1) is 0 Å². The Morgan fingerprint density at radius 3 is 2.32 bits per heavy atom. The van der Waals surface area contributed by atoms with E-state index in [1.54, 1.807) is 36.7 Å². The molecule has 0 radical (unpaired) electrons. The summed E-state index contributed by atoms with van der Waals surface area (Å²) in [4.78, 5) is 0. The molecule has 1 aliphatic rings. The zero-order valence-electron chi connectivity index (χ0n) is 14.2. The Hall–Kier alpha value is -0.840. The van der Waals surface area contributed by atoms with Crippen LogP contribution in [0.25, 0.3) is 5.69 Å². The predicted molar refractivity (Wildman–Crippen MR) is 100 cm³/mol. The third kappa shape index (κ3) is 4.12. The summed E-state index contributed by atoms with van der Waals surface area (Å²) in [5.74, 6) is 0.432. The van der Waals surface area contributed by atoms with Crippen LogP contribution in [0.1, 0.15) is 43.9 Å². The Bertz CT molecular complexity index is 775. The van der Waals surface area contributed by atoms with Crippen molar-refractivity contribution in [3.8, 4) is 5.69 Å². The van der Waals surface area contributed by atoms with Crippen molar-refractivity contribution in [1.82, 2.24) is 9.78 Å². The highest BCUT2D eigenvalue weighted by atomic mass is 35.5. The van der Waals surface area contributed by atoms with Gasteiger partial charge in [-0.05, 0) is 50.3 Å².